The number of halogens is 6. The van der Waals surface area contributed by atoms with Gasteiger partial charge in [-0.1, -0.05) is 30.3 Å². The fraction of sp³-hybridized carbons (Fsp3) is 0.533. The Labute approximate surface area is 262 Å². The number of hydrogen-bond donors (Lipinski definition) is 3. The third-order valence-corrected chi connectivity index (χ3v) is 10.6. The number of anilines is 1. The molecular weight excluding hydrogens is 642 g/mol. The summed E-state index contributed by atoms with van der Waals surface area (Å²) in [6, 6.07) is 11.8. The minimum atomic E-state index is -5.08. The second kappa shape index (κ2) is 12.7. The number of carboxylic acid groups (broad SMARTS) is 1. The van der Waals surface area contributed by atoms with Crippen LogP contribution in [0.15, 0.2) is 53.4 Å². The zero-order chi connectivity index (χ0) is 33.6. The van der Waals surface area contributed by atoms with Crippen molar-refractivity contribution in [2.24, 2.45) is 0 Å². The standard InChI is InChI=1S/C28H33F3N4O3S.C2HF3O2/c1-34-21-10-11-22(34)15-19(14-21)33-39(37,38)25-13-18(28(29,30)31)7-12-23(25)32-24-16-26(36)35(20-8-9-20)27(24)17-5-3-2-4-6-17;3-2(4,5)1(6)7/h2-7,12-13,19-22,24,27,32-33H,8-11,14-16H2,1H3;(H,6,7)/t19?,21?,22?,24-,27+;/m1./s1. The molecule has 4 fully saturated rings. The van der Waals surface area contributed by atoms with Crippen LogP contribution in [0, 0.1) is 0 Å². The molecule has 252 valence electrons. The number of aliphatic carboxylic acids is 1. The van der Waals surface area contributed by atoms with Crippen molar-refractivity contribution in [3.63, 3.8) is 0 Å². The molecule has 1 saturated carbocycles. The highest BCUT2D eigenvalue weighted by molar-refractivity contribution is 7.89. The van der Waals surface area contributed by atoms with Gasteiger partial charge in [-0.3, -0.25) is 4.79 Å². The molecule has 0 radical (unpaired) electrons. The van der Waals surface area contributed by atoms with Gasteiger partial charge in [-0.15, -0.1) is 0 Å². The number of nitrogens with one attached hydrogen (secondary N) is 2. The van der Waals surface area contributed by atoms with Gasteiger partial charge in [-0.2, -0.15) is 26.3 Å². The number of likely N-dealkylation sites (tertiary alicyclic amines) is 1. The Kier molecular flexibility index (Phi) is 9.36. The summed E-state index contributed by atoms with van der Waals surface area (Å²) < 4.78 is 103. The number of benzene rings is 2. The first-order chi connectivity index (χ1) is 21.5. The van der Waals surface area contributed by atoms with Crippen LogP contribution in [0.1, 0.15) is 62.1 Å². The van der Waals surface area contributed by atoms with E-state index in [1.54, 1.807) is 0 Å². The van der Waals surface area contributed by atoms with Gasteiger partial charge in [0.1, 0.15) is 4.90 Å². The largest absolute Gasteiger partial charge is 0.490 e. The fourth-order valence-electron chi connectivity index (χ4n) is 6.74. The molecule has 46 heavy (non-hydrogen) atoms. The van der Waals surface area contributed by atoms with Crippen LogP contribution in [-0.4, -0.2) is 78.6 Å². The third-order valence-electron chi connectivity index (χ3n) is 9.05. The van der Waals surface area contributed by atoms with Crippen LogP contribution in [0.3, 0.4) is 0 Å². The molecule has 9 nitrogen and oxygen atoms in total. The van der Waals surface area contributed by atoms with Crippen molar-refractivity contribution >= 4 is 27.6 Å². The van der Waals surface area contributed by atoms with Crippen LogP contribution < -0.4 is 10.0 Å². The summed E-state index contributed by atoms with van der Waals surface area (Å²) in [5.41, 5.74) is -0.0506. The van der Waals surface area contributed by atoms with Gasteiger partial charge in [-0.05, 0) is 69.3 Å². The highest BCUT2D eigenvalue weighted by atomic mass is 32.2. The lowest BCUT2D eigenvalue weighted by Crippen LogP contribution is -2.48. The molecule has 2 bridgehead atoms. The molecule has 0 aromatic heterocycles. The minimum Gasteiger partial charge on any atom is -0.475 e. The molecule has 3 aliphatic heterocycles. The Balaban J connectivity index is 0.000000537. The van der Waals surface area contributed by atoms with Gasteiger partial charge in [0.05, 0.1) is 23.3 Å². The number of carbonyl (C=O) groups excluding carboxylic acids is 1. The Hall–Kier alpha value is -3.37. The second-order valence-electron chi connectivity index (χ2n) is 12.2. The van der Waals surface area contributed by atoms with Crippen LogP contribution in [0.4, 0.5) is 32.0 Å². The zero-order valence-corrected chi connectivity index (χ0v) is 25.5. The highest BCUT2D eigenvalue weighted by Crippen LogP contribution is 2.44. The monoisotopic (exact) mass is 676 g/mol. The summed E-state index contributed by atoms with van der Waals surface area (Å²) in [5.74, 6) is -2.80. The maximum absolute atomic E-state index is 13.7. The summed E-state index contributed by atoms with van der Waals surface area (Å²) in [6.45, 7) is 0. The number of hydrogen-bond acceptors (Lipinski definition) is 6. The number of carboxylic acids is 1. The van der Waals surface area contributed by atoms with Crippen molar-refractivity contribution in [2.45, 2.75) is 98.4 Å². The van der Waals surface area contributed by atoms with E-state index in [1.807, 2.05) is 42.3 Å². The predicted molar refractivity (Wildman–Crippen MR) is 154 cm³/mol. The van der Waals surface area contributed by atoms with E-state index in [9.17, 15) is 39.6 Å². The summed E-state index contributed by atoms with van der Waals surface area (Å²) in [6.07, 6.45) is -4.62. The summed E-state index contributed by atoms with van der Waals surface area (Å²) in [7, 11) is -2.25. The van der Waals surface area contributed by atoms with E-state index in [0.29, 0.717) is 18.9 Å². The molecule has 2 aromatic carbocycles. The first-order valence-electron chi connectivity index (χ1n) is 14.8. The molecule has 1 amide bonds. The molecule has 3 heterocycles. The molecule has 6 rings (SSSR count). The summed E-state index contributed by atoms with van der Waals surface area (Å²) >= 11 is 0. The van der Waals surface area contributed by atoms with Crippen LogP contribution in [-0.2, 0) is 25.8 Å². The zero-order valence-electron chi connectivity index (χ0n) is 24.7. The SMILES string of the molecule is CN1C2CCC1CC(NS(=O)(=O)c1cc(C(F)(F)F)ccc1N[C@@H]1CC(=O)N(C3CC3)[C@H]1c1ccccc1)C2.O=C(O)C(F)(F)F. The molecule has 1 aliphatic carbocycles. The minimum absolute atomic E-state index is 0.0416. The van der Waals surface area contributed by atoms with Gasteiger partial charge in [0.15, 0.2) is 0 Å². The van der Waals surface area contributed by atoms with E-state index in [-0.39, 0.29) is 48.2 Å². The molecule has 2 aromatic rings. The van der Waals surface area contributed by atoms with E-state index in [2.05, 4.69) is 14.9 Å². The third kappa shape index (κ3) is 7.44. The Morgan fingerprint density at radius 2 is 1.48 bits per heavy atom. The summed E-state index contributed by atoms with van der Waals surface area (Å²) in [5, 5.41) is 10.3. The van der Waals surface area contributed by atoms with Crippen LogP contribution in [0.25, 0.3) is 0 Å². The molecule has 16 heteroatoms. The number of rotatable bonds is 7. The lowest BCUT2D eigenvalue weighted by molar-refractivity contribution is -0.192. The predicted octanol–water partition coefficient (Wildman–Crippen LogP) is 5.16. The van der Waals surface area contributed by atoms with Gasteiger partial charge < -0.3 is 20.2 Å². The molecule has 4 aliphatic rings. The number of alkyl halides is 6. The normalized spacial score (nSPS) is 26.9. The number of nitrogens with zero attached hydrogens (tertiary/aromatic N) is 2. The highest BCUT2D eigenvalue weighted by Gasteiger charge is 2.48. The topological polar surface area (TPSA) is 119 Å². The Morgan fingerprint density at radius 3 is 2.00 bits per heavy atom. The summed E-state index contributed by atoms with van der Waals surface area (Å²) in [4.78, 5) is 25.7. The van der Waals surface area contributed by atoms with Crippen LogP contribution in [0.2, 0.25) is 0 Å². The number of sulfonamides is 1. The van der Waals surface area contributed by atoms with Gasteiger partial charge in [-0.25, -0.2) is 17.9 Å². The maximum atomic E-state index is 13.7. The first kappa shape index (κ1) is 34.0. The van der Waals surface area contributed by atoms with E-state index >= 15 is 0 Å². The average molecular weight is 677 g/mol. The van der Waals surface area contributed by atoms with E-state index in [1.165, 1.54) is 6.07 Å². The molecular formula is C30H34F6N4O5S. The molecule has 4 atom stereocenters. The van der Waals surface area contributed by atoms with Crippen molar-refractivity contribution in [1.29, 1.82) is 0 Å². The fourth-order valence-corrected chi connectivity index (χ4v) is 8.20. The second-order valence-corrected chi connectivity index (χ2v) is 13.9. The van der Waals surface area contributed by atoms with Gasteiger partial charge in [0.2, 0.25) is 15.9 Å². The van der Waals surface area contributed by atoms with Gasteiger partial charge in [0, 0.05) is 30.6 Å². The molecule has 2 unspecified atom stereocenters. The van der Waals surface area contributed by atoms with Crippen molar-refractivity contribution in [2.75, 3.05) is 12.4 Å². The average Bonchev–Trinajstić information content (AvgIpc) is 3.72. The van der Waals surface area contributed by atoms with Crippen molar-refractivity contribution < 1.29 is 49.5 Å². The van der Waals surface area contributed by atoms with Gasteiger partial charge in [0.25, 0.3) is 0 Å². The molecule has 0 spiro atoms. The first-order valence-corrected chi connectivity index (χ1v) is 16.3. The van der Waals surface area contributed by atoms with Crippen LogP contribution in [0.5, 0.6) is 0 Å². The van der Waals surface area contributed by atoms with E-state index in [0.717, 1.165) is 37.3 Å². The quantitative estimate of drug-likeness (QED) is 0.347. The lowest BCUT2D eigenvalue weighted by Gasteiger charge is -2.36. The number of piperidine rings is 1. The Bertz CT molecular complexity index is 1540. The molecule has 3 saturated heterocycles. The van der Waals surface area contributed by atoms with E-state index < -0.39 is 44.8 Å². The van der Waals surface area contributed by atoms with Crippen molar-refractivity contribution in [1.82, 2.24) is 14.5 Å². The molecule has 3 N–H and O–H groups in total. The number of fused-ring (bicyclic) bond motifs is 2. The van der Waals surface area contributed by atoms with Crippen molar-refractivity contribution in [3.05, 3.63) is 59.7 Å². The maximum Gasteiger partial charge on any atom is 0.490 e. The number of amides is 1. The Morgan fingerprint density at radius 1 is 0.913 bits per heavy atom. The van der Waals surface area contributed by atoms with Crippen LogP contribution >= 0.6 is 0 Å². The smallest absolute Gasteiger partial charge is 0.475 e. The van der Waals surface area contributed by atoms with E-state index in [4.69, 9.17) is 9.90 Å². The van der Waals surface area contributed by atoms with Crippen molar-refractivity contribution in [3.8, 4) is 0 Å². The lowest BCUT2D eigenvalue weighted by atomic mass is 9.99. The van der Waals surface area contributed by atoms with Gasteiger partial charge >= 0.3 is 18.3 Å². The number of carbonyl (C=O) groups is 2.